The van der Waals surface area contributed by atoms with Gasteiger partial charge in [-0.1, -0.05) is 20.8 Å². The minimum absolute atomic E-state index is 0.00876. The molecule has 0 saturated heterocycles. The molecule has 0 atom stereocenters. The minimum atomic E-state index is -0.0687. The molecule has 0 aliphatic heterocycles. The normalized spacial score (nSPS) is 10.6. The number of carbonyl (C=O) groups excluding carboxylic acids is 2. The van der Waals surface area contributed by atoms with Crippen molar-refractivity contribution in [2.24, 2.45) is 5.92 Å². The van der Waals surface area contributed by atoms with Crippen molar-refractivity contribution < 1.29 is 9.59 Å². The van der Waals surface area contributed by atoms with Crippen molar-refractivity contribution >= 4 is 23.2 Å². The largest absolute Gasteiger partial charge is 0.377 e. The SMILES string of the molecule is CCCN(Cc1cc(NC(=O)C(C)C)ccc1N(C)C)C(C)=O. The Kier molecular flexibility index (Phi) is 7.07. The van der Waals surface area contributed by atoms with Gasteiger partial charge in [0.15, 0.2) is 0 Å². The van der Waals surface area contributed by atoms with Crippen molar-refractivity contribution in [3.05, 3.63) is 23.8 Å². The van der Waals surface area contributed by atoms with E-state index in [9.17, 15) is 9.59 Å². The number of benzene rings is 1. The van der Waals surface area contributed by atoms with E-state index in [1.807, 2.05) is 55.9 Å². The maximum atomic E-state index is 11.9. The second-order valence-electron chi connectivity index (χ2n) is 6.32. The van der Waals surface area contributed by atoms with E-state index < -0.39 is 0 Å². The van der Waals surface area contributed by atoms with Crippen LogP contribution in [-0.2, 0) is 16.1 Å². The molecule has 0 radical (unpaired) electrons. The van der Waals surface area contributed by atoms with Crippen molar-refractivity contribution in [3.8, 4) is 0 Å². The Balaban J connectivity index is 3.09. The molecule has 2 amide bonds. The summed E-state index contributed by atoms with van der Waals surface area (Å²) in [4.78, 5) is 27.6. The smallest absolute Gasteiger partial charge is 0.226 e. The maximum Gasteiger partial charge on any atom is 0.226 e. The first-order chi connectivity index (χ1) is 10.8. The third kappa shape index (κ3) is 5.58. The van der Waals surface area contributed by atoms with Crippen molar-refractivity contribution in [3.63, 3.8) is 0 Å². The average molecular weight is 319 g/mol. The van der Waals surface area contributed by atoms with Gasteiger partial charge < -0.3 is 15.1 Å². The van der Waals surface area contributed by atoms with Crippen LogP contribution in [0.2, 0.25) is 0 Å². The van der Waals surface area contributed by atoms with Gasteiger partial charge in [-0.05, 0) is 30.2 Å². The van der Waals surface area contributed by atoms with Crippen molar-refractivity contribution in [2.75, 3.05) is 30.9 Å². The number of nitrogens with one attached hydrogen (secondary N) is 1. The lowest BCUT2D eigenvalue weighted by Gasteiger charge is -2.25. The van der Waals surface area contributed by atoms with Gasteiger partial charge in [-0.15, -0.1) is 0 Å². The number of carbonyl (C=O) groups is 2. The van der Waals surface area contributed by atoms with Crippen molar-refractivity contribution in [2.45, 2.75) is 40.7 Å². The van der Waals surface area contributed by atoms with E-state index in [0.29, 0.717) is 6.54 Å². The molecular formula is C18H29N3O2. The standard InChI is InChI=1S/C18H29N3O2/c1-7-10-21(14(4)22)12-15-11-16(19-18(23)13(2)3)8-9-17(15)20(5)6/h8-9,11,13H,7,10,12H2,1-6H3,(H,19,23). The summed E-state index contributed by atoms with van der Waals surface area (Å²) in [6.07, 6.45) is 0.917. The average Bonchev–Trinajstić information content (AvgIpc) is 2.46. The van der Waals surface area contributed by atoms with E-state index >= 15 is 0 Å². The van der Waals surface area contributed by atoms with Crippen LogP contribution in [0.15, 0.2) is 18.2 Å². The van der Waals surface area contributed by atoms with Crippen molar-refractivity contribution in [1.29, 1.82) is 0 Å². The highest BCUT2D eigenvalue weighted by atomic mass is 16.2. The fourth-order valence-electron chi connectivity index (χ4n) is 2.34. The van der Waals surface area contributed by atoms with Gasteiger partial charge in [0.05, 0.1) is 0 Å². The zero-order chi connectivity index (χ0) is 17.6. The molecule has 23 heavy (non-hydrogen) atoms. The quantitative estimate of drug-likeness (QED) is 0.840. The first-order valence-corrected chi connectivity index (χ1v) is 8.12. The third-order valence-electron chi connectivity index (χ3n) is 3.65. The van der Waals surface area contributed by atoms with Gasteiger partial charge in [0, 0.05) is 51.4 Å². The Hall–Kier alpha value is -2.04. The summed E-state index contributed by atoms with van der Waals surface area (Å²) in [6.45, 7) is 8.65. The van der Waals surface area contributed by atoms with E-state index in [1.165, 1.54) is 0 Å². The highest BCUT2D eigenvalue weighted by Gasteiger charge is 2.14. The minimum Gasteiger partial charge on any atom is -0.377 e. The van der Waals surface area contributed by atoms with Crippen LogP contribution < -0.4 is 10.2 Å². The van der Waals surface area contributed by atoms with E-state index in [4.69, 9.17) is 0 Å². The van der Waals surface area contributed by atoms with E-state index in [1.54, 1.807) is 6.92 Å². The van der Waals surface area contributed by atoms with Crippen LogP contribution in [0.4, 0.5) is 11.4 Å². The summed E-state index contributed by atoms with van der Waals surface area (Å²) in [5.41, 5.74) is 2.85. The molecule has 1 rings (SSSR count). The van der Waals surface area contributed by atoms with E-state index in [2.05, 4.69) is 12.2 Å². The lowest BCUT2D eigenvalue weighted by Crippen LogP contribution is -2.29. The summed E-state index contributed by atoms with van der Waals surface area (Å²) < 4.78 is 0. The molecule has 1 aromatic rings. The molecule has 0 bridgehead atoms. The molecule has 5 nitrogen and oxygen atoms in total. The molecule has 0 spiro atoms. The predicted octanol–water partition coefficient (Wildman–Crippen LogP) is 3.11. The first kappa shape index (κ1) is 19.0. The number of rotatable bonds is 7. The lowest BCUT2D eigenvalue weighted by molar-refractivity contribution is -0.129. The Morgan fingerprint density at radius 2 is 1.87 bits per heavy atom. The fraction of sp³-hybridized carbons (Fsp3) is 0.556. The summed E-state index contributed by atoms with van der Waals surface area (Å²) >= 11 is 0. The van der Waals surface area contributed by atoms with Crippen LogP contribution >= 0.6 is 0 Å². The van der Waals surface area contributed by atoms with Crippen LogP contribution in [0.1, 0.15) is 39.7 Å². The maximum absolute atomic E-state index is 11.9. The molecule has 128 valence electrons. The fourth-order valence-corrected chi connectivity index (χ4v) is 2.34. The zero-order valence-electron chi connectivity index (χ0n) is 15.1. The van der Waals surface area contributed by atoms with Gasteiger partial charge in [0.25, 0.3) is 0 Å². The van der Waals surface area contributed by atoms with Crippen LogP contribution in [0.3, 0.4) is 0 Å². The molecule has 0 aliphatic carbocycles. The van der Waals surface area contributed by atoms with Crippen LogP contribution in [0, 0.1) is 5.92 Å². The van der Waals surface area contributed by atoms with Gasteiger partial charge in [0.2, 0.25) is 11.8 Å². The molecule has 5 heteroatoms. The zero-order valence-corrected chi connectivity index (χ0v) is 15.1. The Labute approximate surface area is 139 Å². The predicted molar refractivity (Wildman–Crippen MR) is 95.6 cm³/mol. The second kappa shape index (κ2) is 8.56. The molecule has 1 aromatic carbocycles. The first-order valence-electron chi connectivity index (χ1n) is 8.12. The monoisotopic (exact) mass is 319 g/mol. The lowest BCUT2D eigenvalue weighted by atomic mass is 10.1. The highest BCUT2D eigenvalue weighted by Crippen LogP contribution is 2.25. The Morgan fingerprint density at radius 3 is 2.35 bits per heavy atom. The van der Waals surface area contributed by atoms with Gasteiger partial charge in [-0.2, -0.15) is 0 Å². The molecule has 1 N–H and O–H groups in total. The molecule has 0 aliphatic rings. The topological polar surface area (TPSA) is 52.7 Å². The second-order valence-corrected chi connectivity index (χ2v) is 6.32. The summed E-state index contributed by atoms with van der Waals surface area (Å²) in [5.74, 6) is -0.0144. The molecule has 0 saturated carbocycles. The van der Waals surface area contributed by atoms with Gasteiger partial charge in [-0.25, -0.2) is 0 Å². The van der Waals surface area contributed by atoms with Gasteiger partial charge >= 0.3 is 0 Å². The summed E-state index contributed by atoms with van der Waals surface area (Å²) in [6, 6.07) is 5.84. The van der Waals surface area contributed by atoms with Crippen LogP contribution in [0.25, 0.3) is 0 Å². The molecular weight excluding hydrogens is 290 g/mol. The Morgan fingerprint density at radius 1 is 1.22 bits per heavy atom. The number of amides is 2. The third-order valence-corrected chi connectivity index (χ3v) is 3.65. The number of hydrogen-bond acceptors (Lipinski definition) is 3. The van der Waals surface area contributed by atoms with Gasteiger partial charge in [0.1, 0.15) is 0 Å². The molecule has 0 aromatic heterocycles. The number of hydrogen-bond donors (Lipinski definition) is 1. The van der Waals surface area contributed by atoms with E-state index in [-0.39, 0.29) is 17.7 Å². The number of anilines is 2. The molecule has 0 fully saturated rings. The molecule has 0 heterocycles. The van der Waals surface area contributed by atoms with Gasteiger partial charge in [-0.3, -0.25) is 9.59 Å². The van der Waals surface area contributed by atoms with E-state index in [0.717, 1.165) is 29.9 Å². The van der Waals surface area contributed by atoms with Crippen molar-refractivity contribution in [1.82, 2.24) is 4.90 Å². The van der Waals surface area contributed by atoms with Crippen LogP contribution in [-0.4, -0.2) is 37.4 Å². The number of nitrogens with zero attached hydrogens (tertiary/aromatic N) is 2. The molecule has 0 unspecified atom stereocenters. The Bertz CT molecular complexity index is 553. The van der Waals surface area contributed by atoms with Crippen LogP contribution in [0.5, 0.6) is 0 Å². The highest BCUT2D eigenvalue weighted by molar-refractivity contribution is 5.92. The summed E-state index contributed by atoms with van der Waals surface area (Å²) in [5, 5.41) is 2.92. The summed E-state index contributed by atoms with van der Waals surface area (Å²) in [7, 11) is 3.95.